The molecule has 2 aliphatic rings. The summed E-state index contributed by atoms with van der Waals surface area (Å²) in [5.74, 6) is 1.02. The molecule has 1 saturated carbocycles. The highest BCUT2D eigenvalue weighted by atomic mass is 16.5. The van der Waals surface area contributed by atoms with Gasteiger partial charge in [-0.1, -0.05) is 0 Å². The molecule has 1 saturated heterocycles. The van der Waals surface area contributed by atoms with Crippen molar-refractivity contribution >= 4 is 16.9 Å². The largest absolute Gasteiger partial charge is 0.462 e. The molecule has 0 amide bonds. The summed E-state index contributed by atoms with van der Waals surface area (Å²) >= 11 is 0. The van der Waals surface area contributed by atoms with E-state index in [9.17, 15) is 15.5 Å². The van der Waals surface area contributed by atoms with Crippen molar-refractivity contribution in [3.63, 3.8) is 0 Å². The molecule has 3 aromatic heterocycles. The number of ether oxygens (including phenoxy) is 1. The van der Waals surface area contributed by atoms with Crippen molar-refractivity contribution < 1.29 is 14.9 Å². The van der Waals surface area contributed by atoms with Crippen molar-refractivity contribution in [1.82, 2.24) is 19.9 Å². The lowest BCUT2D eigenvalue weighted by molar-refractivity contribution is -0.0463. The number of fused-ring (bicyclic) bond motifs is 1. The minimum absolute atomic E-state index is 0.0759. The molecule has 9 nitrogen and oxygen atoms in total. The van der Waals surface area contributed by atoms with Crippen LogP contribution in [0.25, 0.3) is 11.0 Å². The van der Waals surface area contributed by atoms with E-state index in [0.717, 1.165) is 49.8 Å². The number of nitriles is 1. The normalized spacial score (nSPS) is 18.3. The lowest BCUT2D eigenvalue weighted by Crippen LogP contribution is -2.33. The average Bonchev–Trinajstić information content (AvgIpc) is 3.47. The Balaban J connectivity index is 1.31. The Morgan fingerprint density at radius 1 is 1.29 bits per heavy atom. The number of hydrogen-bond acceptors (Lipinski definition) is 8. The average molecular weight is 420 g/mol. The van der Waals surface area contributed by atoms with E-state index in [1.807, 2.05) is 6.07 Å². The van der Waals surface area contributed by atoms with E-state index < -0.39 is 11.7 Å². The van der Waals surface area contributed by atoms with Gasteiger partial charge in [-0.3, -0.25) is 0 Å². The van der Waals surface area contributed by atoms with Crippen LogP contribution in [-0.4, -0.2) is 49.8 Å². The van der Waals surface area contributed by atoms with Gasteiger partial charge in [0.15, 0.2) is 6.29 Å². The zero-order valence-corrected chi connectivity index (χ0v) is 17.0. The van der Waals surface area contributed by atoms with Gasteiger partial charge in [0.2, 0.25) is 0 Å². The van der Waals surface area contributed by atoms with Gasteiger partial charge in [0.1, 0.15) is 23.8 Å². The molecular weight excluding hydrogens is 396 g/mol. The second-order valence-electron chi connectivity index (χ2n) is 8.39. The number of hydrogen-bond donors (Lipinski definition) is 3. The third-order valence-corrected chi connectivity index (χ3v) is 6.29. The molecule has 5 rings (SSSR count). The van der Waals surface area contributed by atoms with Gasteiger partial charge in [-0.15, -0.1) is 0 Å². The van der Waals surface area contributed by atoms with E-state index in [2.05, 4.69) is 43.2 Å². The number of anilines is 1. The maximum atomic E-state index is 9.65. The van der Waals surface area contributed by atoms with Crippen LogP contribution in [0.5, 0.6) is 6.01 Å². The predicted molar refractivity (Wildman–Crippen MR) is 112 cm³/mol. The van der Waals surface area contributed by atoms with Gasteiger partial charge in [-0.05, 0) is 49.3 Å². The number of nitrogens with zero attached hydrogens (tertiary/aromatic N) is 5. The predicted octanol–water partition coefficient (Wildman–Crippen LogP) is 2.40. The van der Waals surface area contributed by atoms with Crippen LogP contribution in [0.15, 0.2) is 30.6 Å². The van der Waals surface area contributed by atoms with E-state index >= 15 is 0 Å². The molecule has 9 heteroatoms. The van der Waals surface area contributed by atoms with Gasteiger partial charge in [-0.25, -0.2) is 4.98 Å². The minimum Gasteiger partial charge on any atom is -0.462 e. The summed E-state index contributed by atoms with van der Waals surface area (Å²) in [5.41, 5.74) is 1.83. The number of H-pyrrole nitrogens is 1. The molecule has 0 spiro atoms. The van der Waals surface area contributed by atoms with Gasteiger partial charge >= 0.3 is 6.01 Å². The maximum absolute atomic E-state index is 9.65. The first-order valence-corrected chi connectivity index (χ1v) is 10.5. The number of aliphatic hydroxyl groups excluding tert-OH is 1. The monoisotopic (exact) mass is 420 g/mol. The first-order chi connectivity index (χ1) is 15.1. The van der Waals surface area contributed by atoms with Crippen LogP contribution in [0.2, 0.25) is 0 Å². The Labute approximate surface area is 179 Å². The van der Waals surface area contributed by atoms with Crippen LogP contribution >= 0.6 is 0 Å². The van der Waals surface area contributed by atoms with Crippen LogP contribution in [0, 0.1) is 16.7 Å². The maximum Gasteiger partial charge on any atom is 0.318 e. The van der Waals surface area contributed by atoms with Crippen LogP contribution in [0.1, 0.15) is 49.1 Å². The molecule has 160 valence electrons. The minimum atomic E-state index is -1.72. The molecule has 1 aliphatic carbocycles. The van der Waals surface area contributed by atoms with Crippen LogP contribution in [0.3, 0.4) is 0 Å². The molecule has 0 unspecified atom stereocenters. The molecule has 4 heterocycles. The van der Waals surface area contributed by atoms with E-state index in [-0.39, 0.29) is 18.3 Å². The molecule has 0 atom stereocenters. The summed E-state index contributed by atoms with van der Waals surface area (Å²) in [7, 11) is 0. The summed E-state index contributed by atoms with van der Waals surface area (Å²) in [6, 6.07) is 7.99. The first kappa shape index (κ1) is 19.7. The van der Waals surface area contributed by atoms with Crippen molar-refractivity contribution in [3.05, 3.63) is 41.9 Å². The fourth-order valence-electron chi connectivity index (χ4n) is 4.17. The fourth-order valence-corrected chi connectivity index (χ4v) is 4.17. The van der Waals surface area contributed by atoms with Gasteiger partial charge in [-0.2, -0.15) is 15.2 Å². The molecule has 3 aromatic rings. The number of aliphatic hydroxyl groups is 2. The van der Waals surface area contributed by atoms with Crippen LogP contribution in [-0.2, 0) is 0 Å². The number of pyridine rings is 1. The third kappa shape index (κ3) is 3.92. The second kappa shape index (κ2) is 7.80. The molecule has 31 heavy (non-hydrogen) atoms. The SMILES string of the molecule is N#CC1(COc2nc(C(O)O)cc(N3CCC(c4c[nH]c5ncccc45)CC3)n2)CC1. The summed E-state index contributed by atoms with van der Waals surface area (Å²) in [6.07, 6.45) is 5.61. The standard InChI is InChI=1S/C22H24N6O3/c23-12-22(5-6-22)13-31-21-26-17(20(29)30)10-18(27-21)28-8-3-14(4-9-28)16-11-25-19-15(16)2-1-7-24-19/h1-2,7,10-11,14,20,29-30H,3-6,8-9,13H2,(H,24,25). The topological polar surface area (TPSA) is 131 Å². The van der Waals surface area contributed by atoms with Crippen molar-refractivity contribution in [2.45, 2.75) is 37.9 Å². The number of piperidine rings is 1. The first-order valence-electron chi connectivity index (χ1n) is 10.5. The molecule has 0 bridgehead atoms. The number of nitrogens with one attached hydrogen (secondary N) is 1. The van der Waals surface area contributed by atoms with E-state index in [1.165, 1.54) is 5.56 Å². The van der Waals surface area contributed by atoms with Crippen LogP contribution in [0.4, 0.5) is 5.82 Å². The quantitative estimate of drug-likeness (QED) is 0.518. The highest BCUT2D eigenvalue weighted by Crippen LogP contribution is 2.45. The zero-order chi connectivity index (χ0) is 21.4. The van der Waals surface area contributed by atoms with Gasteiger partial charge in [0.05, 0.1) is 11.5 Å². The van der Waals surface area contributed by atoms with E-state index in [0.29, 0.717) is 11.7 Å². The highest BCUT2D eigenvalue weighted by Gasteiger charge is 2.44. The molecule has 0 radical (unpaired) electrons. The van der Waals surface area contributed by atoms with Gasteiger partial charge in [0.25, 0.3) is 0 Å². The smallest absolute Gasteiger partial charge is 0.318 e. The Hall–Kier alpha value is -3.22. The Morgan fingerprint density at radius 3 is 2.81 bits per heavy atom. The summed E-state index contributed by atoms with van der Waals surface area (Å²) in [4.78, 5) is 18.3. The van der Waals surface area contributed by atoms with Crippen molar-refractivity contribution in [3.8, 4) is 12.1 Å². The van der Waals surface area contributed by atoms with Gasteiger partial charge < -0.3 is 24.8 Å². The van der Waals surface area contributed by atoms with Crippen molar-refractivity contribution in [1.29, 1.82) is 5.26 Å². The Morgan fingerprint density at radius 2 is 2.10 bits per heavy atom. The number of aromatic amines is 1. The fraction of sp³-hybridized carbons (Fsp3) is 0.455. The number of rotatable bonds is 6. The van der Waals surface area contributed by atoms with E-state index in [1.54, 1.807) is 12.3 Å². The summed E-state index contributed by atoms with van der Waals surface area (Å²) < 4.78 is 5.67. The lowest BCUT2D eigenvalue weighted by Gasteiger charge is -2.33. The van der Waals surface area contributed by atoms with Crippen molar-refractivity contribution in [2.24, 2.45) is 5.41 Å². The molecule has 1 aliphatic heterocycles. The highest BCUT2D eigenvalue weighted by molar-refractivity contribution is 5.80. The summed E-state index contributed by atoms with van der Waals surface area (Å²) in [6.45, 7) is 1.76. The summed E-state index contributed by atoms with van der Waals surface area (Å²) in [5, 5.41) is 29.7. The van der Waals surface area contributed by atoms with Crippen molar-refractivity contribution in [2.75, 3.05) is 24.6 Å². The zero-order valence-electron chi connectivity index (χ0n) is 17.0. The molecule has 3 N–H and O–H groups in total. The Kier molecular flexibility index (Phi) is 4.96. The van der Waals surface area contributed by atoms with Gasteiger partial charge in [0, 0.05) is 36.9 Å². The molecular formula is C22H24N6O3. The lowest BCUT2D eigenvalue weighted by atomic mass is 9.89. The Bertz CT molecular complexity index is 1130. The van der Waals surface area contributed by atoms with Crippen LogP contribution < -0.4 is 9.64 Å². The number of aromatic nitrogens is 4. The molecule has 0 aromatic carbocycles. The van der Waals surface area contributed by atoms with E-state index in [4.69, 9.17) is 4.74 Å². The molecule has 2 fully saturated rings. The second-order valence-corrected chi connectivity index (χ2v) is 8.39. The third-order valence-electron chi connectivity index (χ3n) is 6.29.